The zero-order valence-electron chi connectivity index (χ0n) is 9.97. The molecule has 14 heavy (non-hydrogen) atoms. The van der Waals surface area contributed by atoms with Crippen LogP contribution in [-0.4, -0.2) is 12.6 Å². The Balaban J connectivity index is 1.70. The van der Waals surface area contributed by atoms with Crippen molar-refractivity contribution in [2.24, 2.45) is 17.3 Å². The van der Waals surface area contributed by atoms with Gasteiger partial charge in [0.15, 0.2) is 0 Å². The van der Waals surface area contributed by atoms with Crippen LogP contribution in [-0.2, 0) is 0 Å². The first-order chi connectivity index (χ1) is 6.59. The van der Waals surface area contributed by atoms with Gasteiger partial charge in [-0.1, -0.05) is 33.6 Å². The molecule has 1 N–H and O–H groups in total. The average Bonchev–Trinajstić information content (AvgIpc) is 2.73. The number of hydrogen-bond acceptors (Lipinski definition) is 1. The summed E-state index contributed by atoms with van der Waals surface area (Å²) in [6.45, 7) is 8.46. The Morgan fingerprint density at radius 3 is 2.43 bits per heavy atom. The van der Waals surface area contributed by atoms with E-state index in [9.17, 15) is 0 Å². The van der Waals surface area contributed by atoms with Crippen LogP contribution in [0, 0.1) is 17.3 Å². The molecule has 2 saturated carbocycles. The van der Waals surface area contributed by atoms with Crippen molar-refractivity contribution >= 4 is 0 Å². The Hall–Kier alpha value is -0.0400. The predicted octanol–water partition coefficient (Wildman–Crippen LogP) is 3.20. The van der Waals surface area contributed by atoms with Gasteiger partial charge in [-0.3, -0.25) is 0 Å². The Morgan fingerprint density at radius 1 is 1.21 bits per heavy atom. The molecule has 0 aromatic heterocycles. The molecule has 3 unspecified atom stereocenters. The van der Waals surface area contributed by atoms with E-state index in [2.05, 4.69) is 26.1 Å². The summed E-state index contributed by atoms with van der Waals surface area (Å²) in [5, 5.41) is 3.79. The van der Waals surface area contributed by atoms with E-state index in [0.717, 1.165) is 17.9 Å². The Morgan fingerprint density at radius 2 is 1.86 bits per heavy atom. The summed E-state index contributed by atoms with van der Waals surface area (Å²) in [5.41, 5.74) is 0.644. The molecule has 2 rings (SSSR count). The van der Waals surface area contributed by atoms with E-state index >= 15 is 0 Å². The molecule has 0 radical (unpaired) electrons. The second-order valence-electron chi connectivity index (χ2n) is 6.17. The van der Waals surface area contributed by atoms with Crippen molar-refractivity contribution in [3.8, 4) is 0 Å². The minimum Gasteiger partial charge on any atom is -0.313 e. The third kappa shape index (κ3) is 2.31. The average molecular weight is 195 g/mol. The van der Waals surface area contributed by atoms with Crippen molar-refractivity contribution < 1.29 is 0 Å². The lowest BCUT2D eigenvalue weighted by Gasteiger charge is -2.29. The highest BCUT2D eigenvalue weighted by Crippen LogP contribution is 2.51. The number of hydrogen-bond donors (Lipinski definition) is 1. The second-order valence-corrected chi connectivity index (χ2v) is 6.17. The van der Waals surface area contributed by atoms with Crippen LogP contribution < -0.4 is 5.32 Å². The lowest BCUT2D eigenvalue weighted by molar-refractivity contribution is 0.275. The van der Waals surface area contributed by atoms with E-state index in [-0.39, 0.29) is 0 Å². The molecule has 0 bridgehead atoms. The third-order valence-electron chi connectivity index (χ3n) is 4.46. The van der Waals surface area contributed by atoms with E-state index < -0.39 is 0 Å². The predicted molar refractivity (Wildman–Crippen MR) is 61.3 cm³/mol. The minimum absolute atomic E-state index is 0.644. The van der Waals surface area contributed by atoms with Crippen LogP contribution in [0.5, 0.6) is 0 Å². The summed E-state index contributed by atoms with van der Waals surface area (Å²) >= 11 is 0. The molecule has 0 aromatic rings. The first-order valence-corrected chi connectivity index (χ1v) is 6.33. The van der Waals surface area contributed by atoms with Gasteiger partial charge in [0.1, 0.15) is 0 Å². The molecule has 3 atom stereocenters. The molecule has 0 aromatic carbocycles. The van der Waals surface area contributed by atoms with E-state index in [1.165, 1.54) is 38.6 Å². The van der Waals surface area contributed by atoms with E-state index in [1.807, 2.05) is 0 Å². The van der Waals surface area contributed by atoms with E-state index in [1.54, 1.807) is 0 Å². The topological polar surface area (TPSA) is 12.0 Å². The SMILES string of the molecule is CC1CCCCC1NCC1CC1(C)C. The fourth-order valence-corrected chi connectivity index (χ4v) is 2.84. The maximum Gasteiger partial charge on any atom is 0.00928 e. The maximum atomic E-state index is 3.79. The van der Waals surface area contributed by atoms with Crippen molar-refractivity contribution in [2.75, 3.05) is 6.54 Å². The Bertz CT molecular complexity index is 197. The summed E-state index contributed by atoms with van der Waals surface area (Å²) in [6.07, 6.45) is 7.17. The lowest BCUT2D eigenvalue weighted by atomic mass is 9.86. The first kappa shape index (κ1) is 10.5. The summed E-state index contributed by atoms with van der Waals surface area (Å²) < 4.78 is 0. The van der Waals surface area contributed by atoms with Gasteiger partial charge >= 0.3 is 0 Å². The van der Waals surface area contributed by atoms with Gasteiger partial charge in [0, 0.05) is 6.04 Å². The Kier molecular flexibility index (Phi) is 2.88. The molecule has 1 nitrogen and oxygen atoms in total. The molecule has 0 spiro atoms. The molecule has 0 aliphatic heterocycles. The van der Waals surface area contributed by atoms with Crippen LogP contribution in [0.15, 0.2) is 0 Å². The normalized spacial score (nSPS) is 40.9. The van der Waals surface area contributed by atoms with Crippen molar-refractivity contribution in [3.63, 3.8) is 0 Å². The van der Waals surface area contributed by atoms with Gasteiger partial charge in [0.2, 0.25) is 0 Å². The third-order valence-corrected chi connectivity index (χ3v) is 4.46. The van der Waals surface area contributed by atoms with Gasteiger partial charge in [0.25, 0.3) is 0 Å². The van der Waals surface area contributed by atoms with Gasteiger partial charge in [-0.05, 0) is 43.1 Å². The van der Waals surface area contributed by atoms with Gasteiger partial charge in [-0.2, -0.15) is 0 Å². The van der Waals surface area contributed by atoms with Gasteiger partial charge in [-0.25, -0.2) is 0 Å². The molecular weight excluding hydrogens is 170 g/mol. The molecule has 2 aliphatic carbocycles. The Labute approximate surface area is 88.7 Å². The summed E-state index contributed by atoms with van der Waals surface area (Å²) in [6, 6.07) is 0.820. The van der Waals surface area contributed by atoms with Crippen LogP contribution in [0.25, 0.3) is 0 Å². The highest BCUT2D eigenvalue weighted by Gasteiger charge is 2.45. The van der Waals surface area contributed by atoms with Gasteiger partial charge in [0.05, 0.1) is 0 Å². The van der Waals surface area contributed by atoms with Crippen molar-refractivity contribution in [3.05, 3.63) is 0 Å². The molecule has 82 valence electrons. The van der Waals surface area contributed by atoms with Gasteiger partial charge in [-0.15, -0.1) is 0 Å². The molecular formula is C13H25N. The van der Waals surface area contributed by atoms with Crippen LogP contribution in [0.1, 0.15) is 52.9 Å². The standard InChI is InChI=1S/C13H25N/c1-10-6-4-5-7-12(10)14-9-11-8-13(11,2)3/h10-12,14H,4-9H2,1-3H3. The number of nitrogens with one attached hydrogen (secondary N) is 1. The molecule has 2 fully saturated rings. The highest BCUT2D eigenvalue weighted by molar-refractivity contribution is 4.97. The molecule has 1 heteroatoms. The highest BCUT2D eigenvalue weighted by atomic mass is 14.9. The zero-order valence-corrected chi connectivity index (χ0v) is 9.97. The molecule has 0 saturated heterocycles. The smallest absolute Gasteiger partial charge is 0.00928 e. The van der Waals surface area contributed by atoms with Gasteiger partial charge < -0.3 is 5.32 Å². The van der Waals surface area contributed by atoms with Crippen molar-refractivity contribution in [2.45, 2.75) is 58.9 Å². The maximum absolute atomic E-state index is 3.79. The van der Waals surface area contributed by atoms with Crippen molar-refractivity contribution in [1.82, 2.24) is 5.32 Å². The van der Waals surface area contributed by atoms with Crippen LogP contribution in [0.3, 0.4) is 0 Å². The summed E-state index contributed by atoms with van der Waals surface area (Å²) in [7, 11) is 0. The summed E-state index contributed by atoms with van der Waals surface area (Å²) in [4.78, 5) is 0. The minimum atomic E-state index is 0.644. The number of rotatable bonds is 3. The van der Waals surface area contributed by atoms with Crippen LogP contribution in [0.2, 0.25) is 0 Å². The fourth-order valence-electron chi connectivity index (χ4n) is 2.84. The molecule has 0 amide bonds. The van der Waals surface area contributed by atoms with Crippen LogP contribution >= 0.6 is 0 Å². The van der Waals surface area contributed by atoms with Crippen LogP contribution in [0.4, 0.5) is 0 Å². The lowest BCUT2D eigenvalue weighted by Crippen LogP contribution is -2.38. The quantitative estimate of drug-likeness (QED) is 0.729. The zero-order chi connectivity index (χ0) is 10.2. The van der Waals surface area contributed by atoms with E-state index in [4.69, 9.17) is 0 Å². The molecule has 2 aliphatic rings. The molecule has 0 heterocycles. The second kappa shape index (κ2) is 3.84. The largest absolute Gasteiger partial charge is 0.313 e. The van der Waals surface area contributed by atoms with Crippen molar-refractivity contribution in [1.29, 1.82) is 0 Å². The summed E-state index contributed by atoms with van der Waals surface area (Å²) in [5.74, 6) is 1.86. The first-order valence-electron chi connectivity index (χ1n) is 6.33. The van der Waals surface area contributed by atoms with E-state index in [0.29, 0.717) is 5.41 Å². The monoisotopic (exact) mass is 195 g/mol. The fraction of sp³-hybridized carbons (Fsp3) is 1.00.